The van der Waals surface area contributed by atoms with Gasteiger partial charge in [0.15, 0.2) is 5.76 Å². The maximum absolute atomic E-state index is 12.3. The first kappa shape index (κ1) is 13.9. The molecule has 1 amide bonds. The van der Waals surface area contributed by atoms with E-state index in [4.69, 9.17) is 4.52 Å². The second kappa shape index (κ2) is 6.17. The van der Waals surface area contributed by atoms with Crippen molar-refractivity contribution in [1.82, 2.24) is 20.4 Å². The van der Waals surface area contributed by atoms with Gasteiger partial charge in [0, 0.05) is 11.8 Å². The molecule has 0 fully saturated rings. The van der Waals surface area contributed by atoms with Crippen LogP contribution in [-0.2, 0) is 6.54 Å². The number of benzene rings is 1. The van der Waals surface area contributed by atoms with Gasteiger partial charge in [-0.1, -0.05) is 35.5 Å². The van der Waals surface area contributed by atoms with Crippen LogP contribution in [0.5, 0.6) is 0 Å². The molecule has 0 saturated carbocycles. The molecule has 0 aliphatic carbocycles. The van der Waals surface area contributed by atoms with Gasteiger partial charge in [0.1, 0.15) is 5.56 Å². The summed E-state index contributed by atoms with van der Waals surface area (Å²) in [6, 6.07) is 9.38. The predicted molar refractivity (Wildman–Crippen MR) is 79.9 cm³/mol. The van der Waals surface area contributed by atoms with E-state index in [1.54, 1.807) is 12.4 Å². The summed E-state index contributed by atoms with van der Waals surface area (Å²) in [5.74, 6) is 0.190. The van der Waals surface area contributed by atoms with Crippen molar-refractivity contribution in [1.29, 1.82) is 0 Å². The Labute approximate surface area is 127 Å². The number of nitrogens with one attached hydrogen (secondary N) is 1. The number of amides is 1. The Morgan fingerprint density at radius 3 is 2.68 bits per heavy atom. The third-order valence-corrected chi connectivity index (χ3v) is 3.12. The lowest BCUT2D eigenvalue weighted by Crippen LogP contribution is -2.23. The lowest BCUT2D eigenvalue weighted by molar-refractivity contribution is 0.0950. The molecule has 0 radical (unpaired) electrons. The van der Waals surface area contributed by atoms with Crippen molar-refractivity contribution in [2.75, 3.05) is 0 Å². The van der Waals surface area contributed by atoms with Gasteiger partial charge >= 0.3 is 0 Å². The number of carbonyl (C=O) groups excluding carboxylic acids is 1. The fourth-order valence-corrected chi connectivity index (χ4v) is 1.98. The van der Waals surface area contributed by atoms with Crippen molar-refractivity contribution >= 4 is 5.91 Å². The molecular formula is C16H14N4O2. The molecule has 1 aromatic carbocycles. The molecule has 3 rings (SSSR count). The molecule has 6 nitrogen and oxygen atoms in total. The van der Waals surface area contributed by atoms with E-state index < -0.39 is 0 Å². The number of carbonyl (C=O) groups is 1. The standard InChI is InChI=1S/C16H14N4O2/c1-11-7-18-13(8-17-11)9-19-16(21)14-10-20-22-15(14)12-5-3-2-4-6-12/h2-8,10H,9H2,1H3,(H,19,21). The van der Waals surface area contributed by atoms with Gasteiger partial charge < -0.3 is 9.84 Å². The van der Waals surface area contributed by atoms with Gasteiger partial charge in [-0.3, -0.25) is 14.8 Å². The Hall–Kier alpha value is -3.02. The quantitative estimate of drug-likeness (QED) is 0.799. The lowest BCUT2D eigenvalue weighted by atomic mass is 10.1. The summed E-state index contributed by atoms with van der Waals surface area (Å²) in [7, 11) is 0. The topological polar surface area (TPSA) is 80.9 Å². The molecule has 1 N–H and O–H groups in total. The number of hydrogen-bond acceptors (Lipinski definition) is 5. The summed E-state index contributed by atoms with van der Waals surface area (Å²) < 4.78 is 5.20. The summed E-state index contributed by atoms with van der Waals surface area (Å²) in [4.78, 5) is 20.6. The second-order valence-electron chi connectivity index (χ2n) is 4.77. The van der Waals surface area contributed by atoms with Crippen LogP contribution >= 0.6 is 0 Å². The smallest absolute Gasteiger partial charge is 0.257 e. The number of aryl methyl sites for hydroxylation is 1. The molecule has 110 valence electrons. The molecule has 0 saturated heterocycles. The fourth-order valence-electron chi connectivity index (χ4n) is 1.98. The van der Waals surface area contributed by atoms with E-state index in [0.717, 1.165) is 11.3 Å². The molecule has 0 spiro atoms. The highest BCUT2D eigenvalue weighted by molar-refractivity contribution is 5.99. The number of aromatic nitrogens is 3. The van der Waals surface area contributed by atoms with E-state index in [2.05, 4.69) is 20.4 Å². The SMILES string of the molecule is Cc1cnc(CNC(=O)c2cnoc2-c2ccccc2)cn1. The van der Waals surface area contributed by atoms with Crippen LogP contribution in [0, 0.1) is 6.92 Å². The zero-order chi connectivity index (χ0) is 15.4. The van der Waals surface area contributed by atoms with Crippen molar-refractivity contribution in [3.8, 4) is 11.3 Å². The van der Waals surface area contributed by atoms with E-state index in [0.29, 0.717) is 23.6 Å². The monoisotopic (exact) mass is 294 g/mol. The summed E-state index contributed by atoms with van der Waals surface area (Å²) in [6.45, 7) is 2.16. The Morgan fingerprint density at radius 1 is 1.14 bits per heavy atom. The van der Waals surface area contributed by atoms with E-state index >= 15 is 0 Å². The molecule has 22 heavy (non-hydrogen) atoms. The summed E-state index contributed by atoms with van der Waals surface area (Å²) in [5.41, 5.74) is 2.73. The highest BCUT2D eigenvalue weighted by Gasteiger charge is 2.17. The molecule has 0 aliphatic rings. The summed E-state index contributed by atoms with van der Waals surface area (Å²) >= 11 is 0. The Bertz CT molecular complexity index is 766. The van der Waals surface area contributed by atoms with Crippen LogP contribution in [-0.4, -0.2) is 21.0 Å². The maximum atomic E-state index is 12.3. The predicted octanol–water partition coefficient (Wildman–Crippen LogP) is 2.37. The first-order chi connectivity index (χ1) is 10.7. The average molecular weight is 294 g/mol. The molecule has 0 unspecified atom stereocenters. The van der Waals surface area contributed by atoms with Gasteiger partial charge in [0.05, 0.1) is 30.3 Å². The van der Waals surface area contributed by atoms with Crippen LogP contribution in [0.2, 0.25) is 0 Å². The minimum absolute atomic E-state index is 0.262. The molecule has 2 heterocycles. The highest BCUT2D eigenvalue weighted by Crippen LogP contribution is 2.23. The molecule has 0 bridgehead atoms. The van der Waals surface area contributed by atoms with Crippen LogP contribution < -0.4 is 5.32 Å². The van der Waals surface area contributed by atoms with Crippen LogP contribution in [0.15, 0.2) is 53.4 Å². The first-order valence-corrected chi connectivity index (χ1v) is 6.80. The van der Waals surface area contributed by atoms with E-state index in [1.165, 1.54) is 6.20 Å². The lowest BCUT2D eigenvalue weighted by Gasteiger charge is -2.04. The Morgan fingerprint density at radius 2 is 1.95 bits per heavy atom. The zero-order valence-electron chi connectivity index (χ0n) is 12.0. The molecule has 0 atom stereocenters. The summed E-state index contributed by atoms with van der Waals surface area (Å²) in [6.07, 6.45) is 4.72. The van der Waals surface area contributed by atoms with Crippen molar-refractivity contribution in [3.05, 3.63) is 65.9 Å². The van der Waals surface area contributed by atoms with Gasteiger partial charge in [-0.2, -0.15) is 0 Å². The number of rotatable bonds is 4. The molecular weight excluding hydrogens is 280 g/mol. The average Bonchev–Trinajstić information content (AvgIpc) is 3.04. The minimum Gasteiger partial charge on any atom is -0.355 e. The Balaban J connectivity index is 1.73. The Kier molecular flexibility index (Phi) is 3.91. The fraction of sp³-hybridized carbons (Fsp3) is 0.125. The van der Waals surface area contributed by atoms with Crippen LogP contribution in [0.4, 0.5) is 0 Å². The first-order valence-electron chi connectivity index (χ1n) is 6.80. The summed E-state index contributed by atoms with van der Waals surface area (Å²) in [5, 5.41) is 6.51. The van der Waals surface area contributed by atoms with Gasteiger partial charge in [0.2, 0.25) is 0 Å². The normalized spacial score (nSPS) is 10.4. The highest BCUT2D eigenvalue weighted by atomic mass is 16.5. The zero-order valence-corrected chi connectivity index (χ0v) is 12.0. The largest absolute Gasteiger partial charge is 0.355 e. The second-order valence-corrected chi connectivity index (χ2v) is 4.77. The van der Waals surface area contributed by atoms with Crippen LogP contribution in [0.25, 0.3) is 11.3 Å². The van der Waals surface area contributed by atoms with E-state index in [9.17, 15) is 4.79 Å². The third kappa shape index (κ3) is 3.01. The van der Waals surface area contributed by atoms with Crippen LogP contribution in [0.1, 0.15) is 21.7 Å². The van der Waals surface area contributed by atoms with Gasteiger partial charge in [-0.25, -0.2) is 0 Å². The van der Waals surface area contributed by atoms with Crippen molar-refractivity contribution in [3.63, 3.8) is 0 Å². The molecule has 0 aliphatic heterocycles. The molecule has 6 heteroatoms. The maximum Gasteiger partial charge on any atom is 0.257 e. The van der Waals surface area contributed by atoms with E-state index in [1.807, 2.05) is 37.3 Å². The van der Waals surface area contributed by atoms with Crippen molar-refractivity contribution in [2.45, 2.75) is 13.5 Å². The van der Waals surface area contributed by atoms with Gasteiger partial charge in [-0.05, 0) is 6.92 Å². The minimum atomic E-state index is -0.262. The van der Waals surface area contributed by atoms with Crippen molar-refractivity contribution in [2.24, 2.45) is 0 Å². The van der Waals surface area contributed by atoms with Crippen molar-refractivity contribution < 1.29 is 9.32 Å². The third-order valence-electron chi connectivity index (χ3n) is 3.12. The molecule has 3 aromatic rings. The number of nitrogens with zero attached hydrogens (tertiary/aromatic N) is 3. The molecule has 2 aromatic heterocycles. The van der Waals surface area contributed by atoms with Gasteiger partial charge in [-0.15, -0.1) is 0 Å². The number of hydrogen-bond donors (Lipinski definition) is 1. The van der Waals surface area contributed by atoms with Crippen LogP contribution in [0.3, 0.4) is 0 Å². The van der Waals surface area contributed by atoms with Gasteiger partial charge in [0.25, 0.3) is 5.91 Å². The van der Waals surface area contributed by atoms with E-state index in [-0.39, 0.29) is 5.91 Å².